The Morgan fingerprint density at radius 3 is 1.77 bits per heavy atom. The third-order valence-electron chi connectivity index (χ3n) is 8.53. The fourth-order valence-corrected chi connectivity index (χ4v) is 6.01. The van der Waals surface area contributed by atoms with Crippen molar-refractivity contribution in [2.45, 2.75) is 166 Å². The van der Waals surface area contributed by atoms with Gasteiger partial charge in [-0.2, -0.15) is 0 Å². The van der Waals surface area contributed by atoms with Gasteiger partial charge < -0.3 is 39.9 Å². The Morgan fingerprint density at radius 2 is 1.18 bits per heavy atom. The van der Waals surface area contributed by atoms with Gasteiger partial charge in [-0.1, -0.05) is 152 Å². The van der Waals surface area contributed by atoms with E-state index in [4.69, 9.17) is 19.1 Å². The van der Waals surface area contributed by atoms with Crippen LogP contribution in [-0.4, -0.2) is 99.3 Å². The van der Waals surface area contributed by atoms with Crippen LogP contribution in [0, 0.1) is 0 Å². The lowest BCUT2D eigenvalue weighted by Gasteiger charge is -2.20. The molecule has 0 bridgehead atoms. The van der Waals surface area contributed by atoms with Crippen LogP contribution in [-0.2, 0) is 32.7 Å². The maximum absolute atomic E-state index is 12.6. The minimum Gasteiger partial charge on any atom is -0.462 e. The van der Waals surface area contributed by atoms with Crippen LogP contribution < -0.4 is 0 Å². The van der Waals surface area contributed by atoms with Gasteiger partial charge in [-0.15, -0.1) is 0 Å². The van der Waals surface area contributed by atoms with Crippen molar-refractivity contribution >= 4 is 19.8 Å². The second kappa shape index (κ2) is 36.9. The summed E-state index contributed by atoms with van der Waals surface area (Å²) in [6.07, 6.45) is 28.5. The zero-order chi connectivity index (χ0) is 41.7. The molecule has 0 heterocycles. The lowest BCUT2D eigenvalue weighted by Crippen LogP contribution is -2.30. The second-order valence-electron chi connectivity index (χ2n) is 13.9. The van der Waals surface area contributed by atoms with Crippen molar-refractivity contribution < 1.29 is 63.1 Å². The molecule has 0 spiro atoms. The molecule has 0 fully saturated rings. The van der Waals surface area contributed by atoms with Crippen LogP contribution in [0.15, 0.2) is 60.8 Å². The number of unbranched alkanes of at least 4 members (excludes halogenated alkanes) is 12. The first-order chi connectivity index (χ1) is 26.9. The van der Waals surface area contributed by atoms with E-state index in [1.807, 2.05) is 19.1 Å². The Hall–Kier alpha value is -2.45. The SMILES string of the molecule is CC/C=C\C[C@H](O)/C=C/C=C/C=C\C=C/[C@@H](O)[C@H](O)CCCC(=O)O[C@H](COC(=O)CCCCCCCCCCCCCCC)COP(=O)(O)OC[C@@H](O)CO. The normalized spacial score (nSPS) is 16.2. The van der Waals surface area contributed by atoms with Crippen LogP contribution in [0.1, 0.15) is 136 Å². The van der Waals surface area contributed by atoms with E-state index in [1.165, 1.54) is 63.9 Å². The summed E-state index contributed by atoms with van der Waals surface area (Å²) in [5.41, 5.74) is 0. The molecule has 0 radical (unpaired) electrons. The van der Waals surface area contributed by atoms with Crippen LogP contribution in [0.5, 0.6) is 0 Å². The van der Waals surface area contributed by atoms with Gasteiger partial charge >= 0.3 is 19.8 Å². The highest BCUT2D eigenvalue weighted by Gasteiger charge is 2.27. The molecule has 0 saturated heterocycles. The van der Waals surface area contributed by atoms with Gasteiger partial charge in [-0.25, -0.2) is 4.57 Å². The van der Waals surface area contributed by atoms with Gasteiger partial charge in [0, 0.05) is 12.8 Å². The minimum absolute atomic E-state index is 0.0624. The molecule has 0 aliphatic heterocycles. The van der Waals surface area contributed by atoms with Crippen molar-refractivity contribution in [2.24, 2.45) is 0 Å². The third-order valence-corrected chi connectivity index (χ3v) is 9.48. The predicted molar refractivity (Wildman–Crippen MR) is 218 cm³/mol. The lowest BCUT2D eigenvalue weighted by molar-refractivity contribution is -0.161. The Morgan fingerprint density at radius 1 is 0.643 bits per heavy atom. The summed E-state index contributed by atoms with van der Waals surface area (Å²) in [6, 6.07) is 0. The molecular formula is C42H73O13P. The van der Waals surface area contributed by atoms with Gasteiger partial charge in [0.15, 0.2) is 6.10 Å². The summed E-state index contributed by atoms with van der Waals surface area (Å²) < 4.78 is 32.4. The molecular weight excluding hydrogens is 743 g/mol. The Kier molecular flexibility index (Phi) is 35.2. The molecule has 0 aromatic rings. The summed E-state index contributed by atoms with van der Waals surface area (Å²) in [6.45, 7) is 1.77. The van der Waals surface area contributed by atoms with Gasteiger partial charge in [-0.05, 0) is 32.1 Å². The van der Waals surface area contributed by atoms with Crippen LogP contribution in [0.4, 0.5) is 0 Å². The molecule has 0 aliphatic carbocycles. The molecule has 13 nitrogen and oxygen atoms in total. The number of phosphoric ester groups is 1. The number of phosphoric acid groups is 1. The molecule has 0 aromatic carbocycles. The van der Waals surface area contributed by atoms with Crippen molar-refractivity contribution in [1.29, 1.82) is 0 Å². The van der Waals surface area contributed by atoms with E-state index in [1.54, 1.807) is 42.5 Å². The highest BCUT2D eigenvalue weighted by atomic mass is 31.2. The Labute approximate surface area is 335 Å². The van der Waals surface area contributed by atoms with Crippen molar-refractivity contribution in [3.8, 4) is 0 Å². The smallest absolute Gasteiger partial charge is 0.462 e. The van der Waals surface area contributed by atoms with Gasteiger partial charge in [0.2, 0.25) is 0 Å². The van der Waals surface area contributed by atoms with Crippen molar-refractivity contribution in [3.63, 3.8) is 0 Å². The fourth-order valence-electron chi connectivity index (χ4n) is 5.22. The first-order valence-corrected chi connectivity index (χ1v) is 22.1. The molecule has 14 heteroatoms. The van der Waals surface area contributed by atoms with E-state index in [9.17, 15) is 39.5 Å². The topological polar surface area (TPSA) is 210 Å². The summed E-state index contributed by atoms with van der Waals surface area (Å²) in [5.74, 6) is -1.26. The molecule has 56 heavy (non-hydrogen) atoms. The fraction of sp³-hybridized carbons (Fsp3) is 0.714. The highest BCUT2D eigenvalue weighted by molar-refractivity contribution is 7.47. The number of ether oxygens (including phenoxy) is 2. The van der Waals surface area contributed by atoms with E-state index in [0.29, 0.717) is 12.8 Å². The van der Waals surface area contributed by atoms with Gasteiger partial charge in [0.1, 0.15) is 12.7 Å². The number of rotatable bonds is 37. The molecule has 6 atom stereocenters. The third kappa shape index (κ3) is 34.8. The summed E-state index contributed by atoms with van der Waals surface area (Å²) >= 11 is 0. The quantitative estimate of drug-likeness (QED) is 0.0120. The van der Waals surface area contributed by atoms with E-state index in [-0.39, 0.29) is 25.7 Å². The number of allylic oxidation sites excluding steroid dienone is 7. The lowest BCUT2D eigenvalue weighted by atomic mass is 10.0. The van der Waals surface area contributed by atoms with E-state index in [0.717, 1.165) is 25.7 Å². The maximum atomic E-state index is 12.6. The number of hydrogen-bond acceptors (Lipinski definition) is 12. The number of aliphatic hydroxyl groups is 5. The summed E-state index contributed by atoms with van der Waals surface area (Å²) in [5, 5.41) is 48.7. The largest absolute Gasteiger partial charge is 0.472 e. The van der Waals surface area contributed by atoms with Crippen LogP contribution in [0.25, 0.3) is 0 Å². The molecule has 0 saturated carbocycles. The first kappa shape index (κ1) is 53.6. The predicted octanol–water partition coefficient (Wildman–Crippen LogP) is 7.24. The molecule has 0 aliphatic rings. The number of aliphatic hydroxyl groups excluding tert-OH is 5. The van der Waals surface area contributed by atoms with Crippen molar-refractivity contribution in [3.05, 3.63) is 60.8 Å². The molecule has 324 valence electrons. The molecule has 0 rings (SSSR count). The van der Waals surface area contributed by atoms with Gasteiger partial charge in [0.05, 0.1) is 38.1 Å². The Balaban J connectivity index is 4.69. The number of carbonyl (C=O) groups is 2. The molecule has 6 N–H and O–H groups in total. The Bertz CT molecular complexity index is 1170. The zero-order valence-corrected chi connectivity index (χ0v) is 34.8. The number of hydrogen-bond donors (Lipinski definition) is 6. The van der Waals surface area contributed by atoms with Gasteiger partial charge in [-0.3, -0.25) is 18.6 Å². The average molecular weight is 817 g/mol. The monoisotopic (exact) mass is 816 g/mol. The summed E-state index contributed by atoms with van der Waals surface area (Å²) in [4.78, 5) is 35.0. The van der Waals surface area contributed by atoms with Crippen LogP contribution in [0.3, 0.4) is 0 Å². The minimum atomic E-state index is -4.71. The summed E-state index contributed by atoms with van der Waals surface area (Å²) in [7, 11) is -4.71. The molecule has 0 aromatic heterocycles. The first-order valence-electron chi connectivity index (χ1n) is 20.6. The zero-order valence-electron chi connectivity index (χ0n) is 33.9. The van der Waals surface area contributed by atoms with Crippen molar-refractivity contribution in [1.82, 2.24) is 0 Å². The van der Waals surface area contributed by atoms with Crippen LogP contribution in [0.2, 0.25) is 0 Å². The standard InChI is InChI=1S/C42H73O13P/c1-3-5-7-8-9-10-11-12-13-14-15-20-24-30-41(48)52-34-38(35-54-56(50,51)53-33-37(45)32-43)55-42(49)31-25-29-40(47)39(46)28-23-19-17-16-18-22-27-36(44)26-21-6-4-2/h6,16-19,21-23,27-28,36-40,43-47H,3-5,7-15,20,24-26,29-35H2,1-2H3,(H,50,51)/b18-16+,19-17-,21-6-,27-22+,28-23-/t36-,37-,38+,39+,40+/m0/s1. The number of carbonyl (C=O) groups excluding carboxylic acids is 2. The highest BCUT2D eigenvalue weighted by Crippen LogP contribution is 2.43. The number of esters is 2. The second-order valence-corrected chi connectivity index (χ2v) is 15.3. The van der Waals surface area contributed by atoms with E-state index >= 15 is 0 Å². The van der Waals surface area contributed by atoms with Crippen LogP contribution >= 0.6 is 7.82 Å². The molecule has 0 amide bonds. The van der Waals surface area contributed by atoms with Gasteiger partial charge in [0.25, 0.3) is 0 Å². The van der Waals surface area contributed by atoms with Crippen molar-refractivity contribution in [2.75, 3.05) is 26.4 Å². The average Bonchev–Trinajstić information content (AvgIpc) is 3.17. The van der Waals surface area contributed by atoms with E-state index in [2.05, 4.69) is 11.4 Å². The molecule has 1 unspecified atom stereocenters. The van der Waals surface area contributed by atoms with E-state index < -0.39 is 76.7 Å². The maximum Gasteiger partial charge on any atom is 0.472 e.